The first-order chi connectivity index (χ1) is 7.73. The Morgan fingerprint density at radius 2 is 1.88 bits per heavy atom. The van der Waals surface area contributed by atoms with E-state index in [4.69, 9.17) is 5.73 Å². The van der Waals surface area contributed by atoms with Gasteiger partial charge in [0.05, 0.1) is 5.54 Å². The summed E-state index contributed by atoms with van der Waals surface area (Å²) in [6.07, 6.45) is 0.740. The van der Waals surface area contributed by atoms with Gasteiger partial charge in [-0.1, -0.05) is 13.8 Å². The number of likely N-dealkylation sites (N-methyl/N-ethyl adjacent to an activating group) is 1. The van der Waals surface area contributed by atoms with Gasteiger partial charge in [0.15, 0.2) is 0 Å². The van der Waals surface area contributed by atoms with Crippen LogP contribution in [0.5, 0.6) is 0 Å². The molecule has 17 heavy (non-hydrogen) atoms. The molecular weight excluding hydrogens is 214 g/mol. The van der Waals surface area contributed by atoms with E-state index < -0.39 is 5.54 Å². The molecule has 1 atom stereocenters. The number of hydrogen-bond donors (Lipinski definition) is 2. The van der Waals surface area contributed by atoms with Crippen LogP contribution in [0, 0.1) is 5.92 Å². The van der Waals surface area contributed by atoms with E-state index in [-0.39, 0.29) is 5.91 Å². The highest BCUT2D eigenvalue weighted by Crippen LogP contribution is 2.12. The number of nitrogens with two attached hydrogens (primary N) is 1. The lowest BCUT2D eigenvalue weighted by Gasteiger charge is -2.33. The van der Waals surface area contributed by atoms with E-state index in [0.717, 1.165) is 19.5 Å². The van der Waals surface area contributed by atoms with Crippen molar-refractivity contribution in [2.45, 2.75) is 52.6 Å². The van der Waals surface area contributed by atoms with Crippen LogP contribution in [-0.2, 0) is 4.79 Å². The second-order valence-electron chi connectivity index (χ2n) is 5.68. The number of primary amides is 1. The molecule has 0 aromatic rings. The first-order valence-corrected chi connectivity index (χ1v) is 6.45. The van der Waals surface area contributed by atoms with E-state index in [1.165, 1.54) is 0 Å². The standard InChI is InChI=1S/C13H29N3O/c1-10(2)9-16(11(3)4)8-7-13(5,15-6)12(14)17/h10-11,15H,7-9H2,1-6H3,(H2,14,17). The molecule has 4 heteroatoms. The van der Waals surface area contributed by atoms with Crippen molar-refractivity contribution < 1.29 is 4.79 Å². The lowest BCUT2D eigenvalue weighted by Crippen LogP contribution is -2.53. The van der Waals surface area contributed by atoms with E-state index >= 15 is 0 Å². The van der Waals surface area contributed by atoms with Crippen LogP contribution in [0.2, 0.25) is 0 Å². The zero-order chi connectivity index (χ0) is 13.6. The lowest BCUT2D eigenvalue weighted by molar-refractivity contribution is -0.124. The molecule has 0 aromatic carbocycles. The highest BCUT2D eigenvalue weighted by Gasteiger charge is 2.29. The van der Waals surface area contributed by atoms with Gasteiger partial charge in [-0.2, -0.15) is 0 Å². The summed E-state index contributed by atoms with van der Waals surface area (Å²) in [6, 6.07) is 0.492. The summed E-state index contributed by atoms with van der Waals surface area (Å²) >= 11 is 0. The summed E-state index contributed by atoms with van der Waals surface area (Å²) in [5, 5.41) is 3.02. The van der Waals surface area contributed by atoms with Crippen LogP contribution in [0.3, 0.4) is 0 Å². The van der Waals surface area contributed by atoms with E-state index in [1.807, 2.05) is 6.92 Å². The molecule has 0 saturated carbocycles. The van der Waals surface area contributed by atoms with Gasteiger partial charge in [0.2, 0.25) is 5.91 Å². The van der Waals surface area contributed by atoms with Crippen LogP contribution in [0.4, 0.5) is 0 Å². The predicted octanol–water partition coefficient (Wildman–Crippen LogP) is 1.21. The van der Waals surface area contributed by atoms with E-state index in [2.05, 4.69) is 37.9 Å². The van der Waals surface area contributed by atoms with Crippen LogP contribution in [0.1, 0.15) is 41.0 Å². The fourth-order valence-corrected chi connectivity index (χ4v) is 1.77. The molecule has 1 unspecified atom stereocenters. The van der Waals surface area contributed by atoms with Gasteiger partial charge in [-0.25, -0.2) is 0 Å². The Labute approximate surface area is 106 Å². The summed E-state index contributed by atoms with van der Waals surface area (Å²) < 4.78 is 0. The summed E-state index contributed by atoms with van der Waals surface area (Å²) in [5.74, 6) is 0.347. The molecule has 4 nitrogen and oxygen atoms in total. The third-order valence-electron chi connectivity index (χ3n) is 3.32. The molecule has 0 aliphatic carbocycles. The number of rotatable bonds is 8. The third kappa shape index (κ3) is 5.50. The van der Waals surface area contributed by atoms with Gasteiger partial charge >= 0.3 is 0 Å². The molecule has 0 radical (unpaired) electrons. The molecule has 0 saturated heterocycles. The quantitative estimate of drug-likeness (QED) is 0.673. The summed E-state index contributed by atoms with van der Waals surface area (Å²) in [4.78, 5) is 13.8. The van der Waals surface area contributed by atoms with Crippen molar-refractivity contribution in [1.29, 1.82) is 0 Å². The molecule has 1 amide bonds. The van der Waals surface area contributed by atoms with Gasteiger partial charge in [-0.05, 0) is 40.2 Å². The van der Waals surface area contributed by atoms with Crippen LogP contribution >= 0.6 is 0 Å². The van der Waals surface area contributed by atoms with Crippen molar-refractivity contribution in [2.24, 2.45) is 11.7 Å². The zero-order valence-electron chi connectivity index (χ0n) is 12.2. The molecule has 0 spiro atoms. The molecule has 0 aliphatic heterocycles. The number of carbonyl (C=O) groups excluding carboxylic acids is 1. The Hall–Kier alpha value is -0.610. The molecule has 0 rings (SSSR count). The maximum atomic E-state index is 11.4. The number of nitrogens with one attached hydrogen (secondary N) is 1. The molecule has 0 aliphatic rings. The topological polar surface area (TPSA) is 58.4 Å². The predicted molar refractivity (Wildman–Crippen MR) is 72.8 cm³/mol. The fourth-order valence-electron chi connectivity index (χ4n) is 1.77. The van der Waals surface area contributed by atoms with Crippen molar-refractivity contribution in [3.8, 4) is 0 Å². The maximum Gasteiger partial charge on any atom is 0.237 e. The van der Waals surface area contributed by atoms with Crippen LogP contribution < -0.4 is 11.1 Å². The van der Waals surface area contributed by atoms with Gasteiger partial charge < -0.3 is 16.0 Å². The Kier molecular flexibility index (Phi) is 6.72. The average molecular weight is 243 g/mol. The largest absolute Gasteiger partial charge is 0.368 e. The SMILES string of the molecule is CNC(C)(CCN(CC(C)C)C(C)C)C(N)=O. The second-order valence-corrected chi connectivity index (χ2v) is 5.68. The molecule has 3 N–H and O–H groups in total. The van der Waals surface area contributed by atoms with Gasteiger partial charge in [-0.3, -0.25) is 4.79 Å². The van der Waals surface area contributed by atoms with E-state index in [9.17, 15) is 4.79 Å². The van der Waals surface area contributed by atoms with Gasteiger partial charge in [0.1, 0.15) is 0 Å². The smallest absolute Gasteiger partial charge is 0.237 e. The Morgan fingerprint density at radius 1 is 1.35 bits per heavy atom. The average Bonchev–Trinajstić information content (AvgIpc) is 2.22. The lowest BCUT2D eigenvalue weighted by atomic mass is 9.96. The number of carbonyl (C=O) groups is 1. The Bertz CT molecular complexity index is 241. The first-order valence-electron chi connectivity index (χ1n) is 6.45. The number of amides is 1. The monoisotopic (exact) mass is 243 g/mol. The number of nitrogens with zero attached hydrogens (tertiary/aromatic N) is 1. The first kappa shape index (κ1) is 16.4. The minimum atomic E-state index is -0.607. The molecule has 0 bridgehead atoms. The minimum Gasteiger partial charge on any atom is -0.368 e. The van der Waals surface area contributed by atoms with E-state index in [1.54, 1.807) is 7.05 Å². The van der Waals surface area contributed by atoms with Crippen molar-refractivity contribution in [3.05, 3.63) is 0 Å². The normalized spacial score (nSPS) is 15.6. The van der Waals surface area contributed by atoms with Gasteiger partial charge in [0.25, 0.3) is 0 Å². The zero-order valence-corrected chi connectivity index (χ0v) is 12.2. The summed E-state index contributed by atoms with van der Waals surface area (Å²) in [7, 11) is 1.78. The maximum absolute atomic E-state index is 11.4. The summed E-state index contributed by atoms with van der Waals surface area (Å²) in [6.45, 7) is 12.6. The van der Waals surface area contributed by atoms with Crippen LogP contribution in [-0.4, -0.2) is 42.5 Å². The second kappa shape index (κ2) is 6.97. The molecular formula is C13H29N3O. The van der Waals surface area contributed by atoms with Crippen molar-refractivity contribution in [3.63, 3.8) is 0 Å². The Balaban J connectivity index is 4.43. The van der Waals surface area contributed by atoms with Crippen molar-refractivity contribution >= 4 is 5.91 Å². The number of hydrogen-bond acceptors (Lipinski definition) is 3. The highest BCUT2D eigenvalue weighted by molar-refractivity contribution is 5.84. The molecule has 0 fully saturated rings. The van der Waals surface area contributed by atoms with Crippen LogP contribution in [0.25, 0.3) is 0 Å². The van der Waals surface area contributed by atoms with Crippen LogP contribution in [0.15, 0.2) is 0 Å². The third-order valence-corrected chi connectivity index (χ3v) is 3.32. The van der Waals surface area contributed by atoms with Gasteiger partial charge in [-0.15, -0.1) is 0 Å². The van der Waals surface area contributed by atoms with Crippen molar-refractivity contribution in [2.75, 3.05) is 20.1 Å². The van der Waals surface area contributed by atoms with Crippen molar-refractivity contribution in [1.82, 2.24) is 10.2 Å². The summed E-state index contributed by atoms with van der Waals surface area (Å²) in [5.41, 5.74) is 4.82. The molecule has 0 aromatic heterocycles. The highest BCUT2D eigenvalue weighted by atomic mass is 16.1. The molecule has 102 valence electrons. The minimum absolute atomic E-state index is 0.284. The fraction of sp³-hybridized carbons (Fsp3) is 0.923. The Morgan fingerprint density at radius 3 is 2.18 bits per heavy atom. The van der Waals surface area contributed by atoms with Gasteiger partial charge in [0, 0.05) is 19.1 Å². The van der Waals surface area contributed by atoms with E-state index in [0.29, 0.717) is 12.0 Å². The molecule has 0 heterocycles.